The standard InChI is InChI=1S/C18H18BNO3/c1-13(20)17(14(2)21)18(22)23-19(15-9-5-3-6-10-15)16-11-7-4-8-12-16/h3-12H,20H2,1-2H3/b17-13+. The zero-order chi connectivity index (χ0) is 16.8. The van der Waals surface area contributed by atoms with E-state index in [1.807, 2.05) is 60.7 Å². The van der Waals surface area contributed by atoms with Gasteiger partial charge in [-0.3, -0.25) is 4.79 Å². The van der Waals surface area contributed by atoms with Crippen LogP contribution in [0.3, 0.4) is 0 Å². The largest absolute Gasteiger partial charge is 0.522 e. The summed E-state index contributed by atoms with van der Waals surface area (Å²) < 4.78 is 5.61. The normalized spacial score (nSPS) is 11.4. The second-order valence-electron chi connectivity index (χ2n) is 5.22. The summed E-state index contributed by atoms with van der Waals surface area (Å²) in [6, 6.07) is 18.7. The first-order valence-electron chi connectivity index (χ1n) is 7.29. The molecule has 0 heterocycles. The van der Waals surface area contributed by atoms with Crippen molar-refractivity contribution in [1.82, 2.24) is 0 Å². The van der Waals surface area contributed by atoms with Crippen LogP contribution in [0.2, 0.25) is 0 Å². The molecule has 0 spiro atoms. The van der Waals surface area contributed by atoms with Gasteiger partial charge in [0.1, 0.15) is 5.57 Å². The molecule has 4 nitrogen and oxygen atoms in total. The van der Waals surface area contributed by atoms with E-state index in [0.717, 1.165) is 10.9 Å². The number of hydrogen-bond acceptors (Lipinski definition) is 4. The van der Waals surface area contributed by atoms with Crippen molar-refractivity contribution in [2.24, 2.45) is 5.73 Å². The van der Waals surface area contributed by atoms with Gasteiger partial charge in [0.25, 0.3) is 0 Å². The van der Waals surface area contributed by atoms with Gasteiger partial charge in [-0.15, -0.1) is 0 Å². The summed E-state index contributed by atoms with van der Waals surface area (Å²) >= 11 is 0. The van der Waals surface area contributed by atoms with E-state index in [1.165, 1.54) is 13.8 Å². The maximum atomic E-state index is 12.4. The van der Waals surface area contributed by atoms with Crippen LogP contribution in [0.4, 0.5) is 0 Å². The quantitative estimate of drug-likeness (QED) is 0.389. The highest BCUT2D eigenvalue weighted by Gasteiger charge is 2.28. The molecule has 0 atom stereocenters. The molecule has 0 aliphatic heterocycles. The van der Waals surface area contributed by atoms with Gasteiger partial charge >= 0.3 is 12.9 Å². The van der Waals surface area contributed by atoms with Crippen LogP contribution in [0, 0.1) is 0 Å². The smallest absolute Gasteiger partial charge is 0.429 e. The lowest BCUT2D eigenvalue weighted by Crippen LogP contribution is -2.47. The Morgan fingerprint density at radius 3 is 1.65 bits per heavy atom. The van der Waals surface area contributed by atoms with E-state index in [4.69, 9.17) is 10.4 Å². The number of Topliss-reactive ketones (excluding diaryl/α,β-unsaturated/α-hetero) is 1. The number of hydrogen-bond donors (Lipinski definition) is 1. The number of carbonyl (C=O) groups is 2. The number of rotatable bonds is 5. The van der Waals surface area contributed by atoms with Crippen molar-refractivity contribution in [2.75, 3.05) is 0 Å². The third-order valence-electron chi connectivity index (χ3n) is 3.38. The van der Waals surface area contributed by atoms with E-state index in [0.29, 0.717) is 0 Å². The zero-order valence-electron chi connectivity index (χ0n) is 13.2. The van der Waals surface area contributed by atoms with Crippen LogP contribution in [-0.4, -0.2) is 18.7 Å². The fourth-order valence-electron chi connectivity index (χ4n) is 2.33. The molecule has 0 aliphatic rings. The van der Waals surface area contributed by atoms with Gasteiger partial charge in [0.05, 0.1) is 0 Å². The second-order valence-corrected chi connectivity index (χ2v) is 5.22. The molecule has 0 bridgehead atoms. The maximum absolute atomic E-state index is 12.4. The van der Waals surface area contributed by atoms with Crippen LogP contribution in [0.25, 0.3) is 0 Å². The third kappa shape index (κ3) is 4.10. The predicted molar refractivity (Wildman–Crippen MR) is 91.6 cm³/mol. The Morgan fingerprint density at radius 2 is 1.30 bits per heavy atom. The first-order valence-corrected chi connectivity index (χ1v) is 7.29. The van der Waals surface area contributed by atoms with Crippen LogP contribution in [0.15, 0.2) is 71.9 Å². The summed E-state index contributed by atoms with van der Waals surface area (Å²) in [6.07, 6.45) is 0. The Morgan fingerprint density at radius 1 is 0.870 bits per heavy atom. The van der Waals surface area contributed by atoms with E-state index < -0.39 is 18.7 Å². The molecule has 0 unspecified atom stereocenters. The second kappa shape index (κ2) is 7.45. The number of carbonyl (C=O) groups excluding carboxylic acids is 2. The SMILES string of the molecule is CC(=O)/C(C(=O)OB(c1ccccc1)c1ccccc1)=C(/C)N. The topological polar surface area (TPSA) is 69.4 Å². The highest BCUT2D eigenvalue weighted by Crippen LogP contribution is 2.06. The van der Waals surface area contributed by atoms with Crippen LogP contribution >= 0.6 is 0 Å². The van der Waals surface area contributed by atoms with Gasteiger partial charge in [-0.1, -0.05) is 60.7 Å². The zero-order valence-corrected chi connectivity index (χ0v) is 13.2. The molecule has 0 radical (unpaired) electrons. The molecule has 0 saturated heterocycles. The van der Waals surface area contributed by atoms with Crippen LogP contribution in [0.5, 0.6) is 0 Å². The molecule has 23 heavy (non-hydrogen) atoms. The van der Waals surface area contributed by atoms with Crippen molar-refractivity contribution < 1.29 is 14.2 Å². The van der Waals surface area contributed by atoms with Crippen molar-refractivity contribution in [1.29, 1.82) is 0 Å². The third-order valence-corrected chi connectivity index (χ3v) is 3.38. The molecule has 116 valence electrons. The summed E-state index contributed by atoms with van der Waals surface area (Å²) in [5.74, 6) is -1.12. The minimum atomic E-state index is -0.713. The van der Waals surface area contributed by atoms with Gasteiger partial charge in [0, 0.05) is 5.70 Å². The average Bonchev–Trinajstić information content (AvgIpc) is 2.53. The molecule has 2 aromatic carbocycles. The predicted octanol–water partition coefficient (Wildman–Crippen LogP) is 1.16. The average molecular weight is 307 g/mol. The molecule has 0 fully saturated rings. The summed E-state index contributed by atoms with van der Waals surface area (Å²) in [5.41, 5.74) is 7.34. The maximum Gasteiger partial charge on any atom is 0.429 e. The molecule has 2 rings (SSSR count). The highest BCUT2D eigenvalue weighted by atomic mass is 16.5. The first-order chi connectivity index (χ1) is 11.0. The van der Waals surface area contributed by atoms with Gasteiger partial charge in [-0.25, -0.2) is 4.79 Å². The first kappa shape index (κ1) is 16.6. The Hall–Kier alpha value is -2.82. The monoisotopic (exact) mass is 307 g/mol. The van der Waals surface area contributed by atoms with Crippen LogP contribution in [0.1, 0.15) is 13.8 Å². The van der Waals surface area contributed by atoms with Crippen molar-refractivity contribution >= 4 is 29.6 Å². The summed E-state index contributed by atoms with van der Waals surface area (Å²) in [4.78, 5) is 24.0. The Balaban J connectivity index is 2.39. The van der Waals surface area contributed by atoms with E-state index in [-0.39, 0.29) is 11.3 Å². The number of ketones is 1. The van der Waals surface area contributed by atoms with Gasteiger partial charge in [-0.2, -0.15) is 0 Å². The van der Waals surface area contributed by atoms with Crippen molar-refractivity contribution in [3.05, 3.63) is 71.9 Å². The fourth-order valence-corrected chi connectivity index (χ4v) is 2.33. The minimum Gasteiger partial charge on any atom is -0.522 e. The molecule has 0 saturated carbocycles. The molecule has 0 amide bonds. The molecular weight excluding hydrogens is 289 g/mol. The molecular formula is C18H18BNO3. The van der Waals surface area contributed by atoms with E-state index in [9.17, 15) is 9.59 Å². The van der Waals surface area contributed by atoms with Gasteiger partial charge in [0.2, 0.25) is 0 Å². The number of benzene rings is 2. The molecule has 0 aliphatic carbocycles. The molecule has 2 N–H and O–H groups in total. The van der Waals surface area contributed by atoms with E-state index in [2.05, 4.69) is 0 Å². The van der Waals surface area contributed by atoms with Crippen molar-refractivity contribution in [3.8, 4) is 0 Å². The Bertz CT molecular complexity index is 683. The van der Waals surface area contributed by atoms with Crippen molar-refractivity contribution in [2.45, 2.75) is 13.8 Å². The summed E-state index contributed by atoms with van der Waals surface area (Å²) in [6.45, 7) is 2.21. The van der Waals surface area contributed by atoms with E-state index in [1.54, 1.807) is 0 Å². The van der Waals surface area contributed by atoms with Gasteiger partial charge in [0.15, 0.2) is 5.78 Å². The number of allylic oxidation sites excluding steroid dienone is 1. The fraction of sp³-hybridized carbons (Fsp3) is 0.111. The Labute approximate surface area is 136 Å². The number of nitrogens with two attached hydrogens (primary N) is 1. The molecule has 2 aromatic rings. The molecule has 5 heteroatoms. The molecule has 0 aromatic heterocycles. The summed E-state index contributed by atoms with van der Waals surface area (Å²) in [5, 5.41) is 0. The Kier molecular flexibility index (Phi) is 5.36. The summed E-state index contributed by atoms with van der Waals surface area (Å²) in [7, 11) is 0. The van der Waals surface area contributed by atoms with E-state index >= 15 is 0 Å². The van der Waals surface area contributed by atoms with Gasteiger partial charge in [-0.05, 0) is 24.8 Å². The lowest BCUT2D eigenvalue weighted by molar-refractivity contribution is -0.132. The van der Waals surface area contributed by atoms with Crippen LogP contribution < -0.4 is 16.7 Å². The lowest BCUT2D eigenvalue weighted by atomic mass is 9.55. The minimum absolute atomic E-state index is 0.109. The van der Waals surface area contributed by atoms with Crippen molar-refractivity contribution in [3.63, 3.8) is 0 Å². The lowest BCUT2D eigenvalue weighted by Gasteiger charge is -2.16. The van der Waals surface area contributed by atoms with Gasteiger partial charge < -0.3 is 10.4 Å². The van der Waals surface area contributed by atoms with Crippen LogP contribution in [-0.2, 0) is 14.2 Å². The highest BCUT2D eigenvalue weighted by molar-refractivity contribution is 6.81.